The summed E-state index contributed by atoms with van der Waals surface area (Å²) in [7, 11) is 0.164. The van der Waals surface area contributed by atoms with Crippen molar-refractivity contribution in [1.29, 1.82) is 5.26 Å². The molecule has 0 amide bonds. The highest BCUT2D eigenvalue weighted by atomic mass is 35.7. The number of hydrogen-bond donors (Lipinski definition) is 0. The Kier molecular flexibility index (Phi) is 3.40. The van der Waals surface area contributed by atoms with E-state index in [1.165, 1.54) is 6.07 Å². The van der Waals surface area contributed by atoms with E-state index < -0.39 is 37.6 Å². The zero-order valence-electron chi connectivity index (χ0n) is 7.29. The second kappa shape index (κ2) is 4.27. The summed E-state index contributed by atoms with van der Waals surface area (Å²) in [5, 5.41) is 7.04. The summed E-state index contributed by atoms with van der Waals surface area (Å²) in [5.41, 5.74) is -1.89. The van der Waals surface area contributed by atoms with Gasteiger partial charge < -0.3 is 0 Å². The van der Waals surface area contributed by atoms with Gasteiger partial charge in [-0.1, -0.05) is 0 Å². The highest BCUT2D eigenvalue weighted by molar-refractivity contribution is 8.13. The molecule has 0 unspecified atom stereocenters. The fourth-order valence-electron chi connectivity index (χ4n) is 0.902. The molecule has 0 bridgehead atoms. The Bertz CT molecular complexity index is 568. The highest BCUT2D eigenvalue weighted by Gasteiger charge is 2.26. The summed E-state index contributed by atoms with van der Waals surface area (Å²) in [4.78, 5) is 3.02. The largest absolute Gasteiger partial charge is 0.281 e. The molecule has 1 aromatic heterocycles. The van der Waals surface area contributed by atoms with Crippen LogP contribution in [0.4, 0.5) is 13.2 Å². The lowest BCUT2D eigenvalue weighted by Gasteiger charge is -2.05. The van der Waals surface area contributed by atoms with E-state index in [1.54, 1.807) is 0 Å². The summed E-state index contributed by atoms with van der Waals surface area (Å²) in [6.07, 6.45) is -3.27. The first kappa shape index (κ1) is 12.7. The highest BCUT2D eigenvalue weighted by Crippen LogP contribution is 2.27. The Hall–Kier alpha value is -1.33. The maximum Gasteiger partial charge on any atom is 0.281 e. The molecule has 0 spiro atoms. The van der Waals surface area contributed by atoms with Crippen LogP contribution in [-0.4, -0.2) is 13.4 Å². The van der Waals surface area contributed by atoms with Crippen LogP contribution >= 0.6 is 10.7 Å². The second-order valence-corrected chi connectivity index (χ2v) is 5.05. The van der Waals surface area contributed by atoms with Gasteiger partial charge in [-0.15, -0.1) is 0 Å². The summed E-state index contributed by atoms with van der Waals surface area (Å²) in [5.74, 6) is -1.75. The number of aromatic nitrogens is 1. The number of alkyl halides is 2. The van der Waals surface area contributed by atoms with E-state index in [1.807, 2.05) is 0 Å². The monoisotopic (exact) mass is 270 g/mol. The van der Waals surface area contributed by atoms with Crippen LogP contribution in [0, 0.1) is 17.1 Å². The summed E-state index contributed by atoms with van der Waals surface area (Å²) in [6, 6.07) is 1.79. The zero-order valence-corrected chi connectivity index (χ0v) is 8.86. The number of rotatable bonds is 2. The Morgan fingerprint density at radius 3 is 2.44 bits per heavy atom. The van der Waals surface area contributed by atoms with E-state index in [4.69, 9.17) is 15.9 Å². The van der Waals surface area contributed by atoms with Crippen LogP contribution in [0.2, 0.25) is 0 Å². The van der Waals surface area contributed by atoms with Crippen molar-refractivity contribution < 1.29 is 21.6 Å². The summed E-state index contributed by atoms with van der Waals surface area (Å²) < 4.78 is 59.4. The van der Waals surface area contributed by atoms with Crippen LogP contribution in [0.15, 0.2) is 11.1 Å². The number of hydrogen-bond acceptors (Lipinski definition) is 4. The molecule has 0 aliphatic carbocycles. The van der Waals surface area contributed by atoms with Crippen molar-refractivity contribution in [2.24, 2.45) is 0 Å². The molecule has 0 aromatic carbocycles. The quantitative estimate of drug-likeness (QED) is 0.770. The summed E-state index contributed by atoms with van der Waals surface area (Å²) >= 11 is 0. The van der Waals surface area contributed by atoms with Crippen LogP contribution in [0.25, 0.3) is 0 Å². The first-order valence-corrected chi connectivity index (χ1v) is 5.91. The van der Waals surface area contributed by atoms with Gasteiger partial charge in [0, 0.05) is 10.7 Å². The number of nitrogens with zero attached hydrogens (tertiary/aromatic N) is 2. The van der Waals surface area contributed by atoms with Gasteiger partial charge in [0.1, 0.15) is 11.8 Å². The lowest BCUT2D eigenvalue weighted by atomic mass is 10.2. The second-order valence-electron chi connectivity index (χ2n) is 2.57. The molecule has 0 N–H and O–H groups in total. The van der Waals surface area contributed by atoms with Gasteiger partial charge in [-0.2, -0.15) is 5.26 Å². The van der Waals surface area contributed by atoms with Crippen LogP contribution in [-0.2, 0) is 9.05 Å². The van der Waals surface area contributed by atoms with Crippen LogP contribution in [0.5, 0.6) is 0 Å². The molecule has 16 heavy (non-hydrogen) atoms. The molecule has 9 heteroatoms. The molecule has 1 heterocycles. The predicted molar refractivity (Wildman–Crippen MR) is 46.9 cm³/mol. The van der Waals surface area contributed by atoms with Crippen LogP contribution in [0.3, 0.4) is 0 Å². The maximum atomic E-state index is 13.2. The van der Waals surface area contributed by atoms with Gasteiger partial charge in [0.25, 0.3) is 15.5 Å². The molecule has 4 nitrogen and oxygen atoms in total. The molecule has 0 atom stereocenters. The zero-order chi connectivity index (χ0) is 12.5. The van der Waals surface area contributed by atoms with E-state index in [-0.39, 0.29) is 0 Å². The lowest BCUT2D eigenvalue weighted by Crippen LogP contribution is -2.06. The van der Waals surface area contributed by atoms with Crippen molar-refractivity contribution in [2.75, 3.05) is 0 Å². The number of nitriles is 1. The predicted octanol–water partition coefficient (Wildman–Crippen LogP) is 1.96. The standard InChI is InChI=1S/C7H2ClF3N2O2S/c8-16(14,15)7-5(9)4(6(10)11)1-3(2-12)13-7/h1,6H. The molecule has 0 saturated carbocycles. The third-order valence-corrected chi connectivity index (χ3v) is 2.71. The normalized spacial score (nSPS) is 11.5. The van der Waals surface area contributed by atoms with Gasteiger partial charge in [-0.3, -0.25) is 0 Å². The third kappa shape index (κ3) is 2.43. The average molecular weight is 271 g/mol. The van der Waals surface area contributed by atoms with Crippen molar-refractivity contribution in [3.8, 4) is 6.07 Å². The molecule has 0 fully saturated rings. The molecule has 86 valence electrons. The fraction of sp³-hybridized carbons (Fsp3) is 0.143. The third-order valence-electron chi connectivity index (χ3n) is 1.54. The minimum Gasteiger partial charge on any atom is -0.221 e. The molecule has 0 aliphatic rings. The SMILES string of the molecule is N#Cc1cc(C(F)F)c(F)c(S(=O)(=O)Cl)n1. The van der Waals surface area contributed by atoms with Gasteiger partial charge in [-0.25, -0.2) is 26.6 Å². The fourth-order valence-corrected chi connectivity index (χ4v) is 1.75. The molecular weight excluding hydrogens is 269 g/mol. The molecule has 0 saturated heterocycles. The van der Waals surface area contributed by atoms with Gasteiger partial charge in [-0.05, 0) is 6.07 Å². The molecule has 1 aromatic rings. The molecular formula is C7H2ClF3N2O2S. The van der Waals surface area contributed by atoms with Gasteiger partial charge in [0.2, 0.25) is 5.03 Å². The first-order valence-electron chi connectivity index (χ1n) is 3.60. The Balaban J connectivity index is 3.65. The lowest BCUT2D eigenvalue weighted by molar-refractivity contribution is 0.145. The van der Waals surface area contributed by atoms with Crippen molar-refractivity contribution in [3.05, 3.63) is 23.1 Å². The van der Waals surface area contributed by atoms with Crippen molar-refractivity contribution in [1.82, 2.24) is 4.98 Å². The van der Waals surface area contributed by atoms with E-state index >= 15 is 0 Å². The Morgan fingerprint density at radius 2 is 2.06 bits per heavy atom. The van der Waals surface area contributed by atoms with Gasteiger partial charge >= 0.3 is 0 Å². The number of halogens is 4. The minimum absolute atomic E-state index is 0.464. The van der Waals surface area contributed by atoms with E-state index in [2.05, 4.69) is 4.98 Å². The van der Waals surface area contributed by atoms with Gasteiger partial charge in [0.15, 0.2) is 5.82 Å². The first-order chi connectivity index (χ1) is 7.27. The van der Waals surface area contributed by atoms with Crippen molar-refractivity contribution in [3.63, 3.8) is 0 Å². The van der Waals surface area contributed by atoms with Crippen molar-refractivity contribution in [2.45, 2.75) is 11.5 Å². The van der Waals surface area contributed by atoms with Gasteiger partial charge in [0.05, 0.1) is 5.56 Å². The molecule has 0 radical (unpaired) electrons. The van der Waals surface area contributed by atoms with E-state index in [0.29, 0.717) is 6.07 Å². The van der Waals surface area contributed by atoms with Crippen LogP contribution < -0.4 is 0 Å². The summed E-state index contributed by atoms with van der Waals surface area (Å²) in [6.45, 7) is 0. The van der Waals surface area contributed by atoms with Crippen molar-refractivity contribution >= 4 is 19.7 Å². The maximum absolute atomic E-state index is 13.2. The van der Waals surface area contributed by atoms with E-state index in [9.17, 15) is 21.6 Å². The number of pyridine rings is 1. The topological polar surface area (TPSA) is 70.8 Å². The van der Waals surface area contributed by atoms with Crippen LogP contribution in [0.1, 0.15) is 17.7 Å². The Labute approximate surface area is 92.7 Å². The molecule has 1 rings (SSSR count). The minimum atomic E-state index is -4.62. The average Bonchev–Trinajstić information content (AvgIpc) is 2.15. The van der Waals surface area contributed by atoms with E-state index in [0.717, 1.165) is 0 Å². The Morgan fingerprint density at radius 1 is 1.50 bits per heavy atom. The molecule has 0 aliphatic heterocycles. The smallest absolute Gasteiger partial charge is 0.221 e.